The highest BCUT2D eigenvalue weighted by molar-refractivity contribution is 7.89. The largest absolute Gasteiger partial charge is 0.394 e. The van der Waals surface area contributed by atoms with Gasteiger partial charge in [-0.3, -0.25) is 0 Å². The lowest BCUT2D eigenvalue weighted by atomic mass is 9.78. The number of halogens is 1. The van der Waals surface area contributed by atoms with Gasteiger partial charge in [-0.2, -0.15) is 4.98 Å². The zero-order chi connectivity index (χ0) is 20.6. The molecule has 1 atom stereocenters. The summed E-state index contributed by atoms with van der Waals surface area (Å²) >= 11 is 0. The van der Waals surface area contributed by atoms with Crippen LogP contribution >= 0.6 is 0 Å². The van der Waals surface area contributed by atoms with Crippen LogP contribution in [0.2, 0.25) is 0 Å². The number of aliphatic hydroxyl groups excluding tert-OH is 1. The van der Waals surface area contributed by atoms with Gasteiger partial charge in [0.1, 0.15) is 0 Å². The summed E-state index contributed by atoms with van der Waals surface area (Å²) in [4.78, 5) is 10.0. The van der Waals surface area contributed by atoms with E-state index in [9.17, 15) is 17.9 Å². The van der Waals surface area contributed by atoms with Crippen LogP contribution in [0.1, 0.15) is 19.3 Å². The number of nitrogens with two attached hydrogens (primary N) is 1. The highest BCUT2D eigenvalue weighted by Gasteiger charge is 2.46. The third-order valence-corrected chi connectivity index (χ3v) is 6.18. The molecule has 1 saturated carbocycles. The van der Waals surface area contributed by atoms with Crippen LogP contribution in [-0.4, -0.2) is 54.9 Å². The molecule has 2 fully saturated rings. The minimum atomic E-state index is -3.78. The summed E-state index contributed by atoms with van der Waals surface area (Å²) in [5, 5.41) is 17.6. The molecular weight excluding hydrogens is 401 g/mol. The summed E-state index contributed by atoms with van der Waals surface area (Å²) in [5.41, 5.74) is 0.167. The van der Waals surface area contributed by atoms with Gasteiger partial charge in [-0.15, -0.1) is 0 Å². The van der Waals surface area contributed by atoms with Gasteiger partial charge in [-0.05, 0) is 43.5 Å². The first-order chi connectivity index (χ1) is 13.8. The Balaban J connectivity index is 1.56. The minimum Gasteiger partial charge on any atom is -0.394 e. The van der Waals surface area contributed by atoms with Crippen molar-refractivity contribution in [3.05, 3.63) is 36.3 Å². The van der Waals surface area contributed by atoms with E-state index in [4.69, 9.17) is 9.88 Å². The maximum atomic E-state index is 14.5. The Bertz CT molecular complexity index is 998. The van der Waals surface area contributed by atoms with Gasteiger partial charge in [0.25, 0.3) is 0 Å². The Morgan fingerprint density at radius 3 is 2.66 bits per heavy atom. The van der Waals surface area contributed by atoms with E-state index < -0.39 is 21.9 Å². The number of rotatable bonds is 5. The molecule has 1 aromatic heterocycles. The van der Waals surface area contributed by atoms with Gasteiger partial charge in [0.05, 0.1) is 29.4 Å². The molecule has 4 rings (SSSR count). The summed E-state index contributed by atoms with van der Waals surface area (Å²) in [6.45, 7) is 0.682. The van der Waals surface area contributed by atoms with Crippen LogP contribution in [0.5, 0.6) is 0 Å². The van der Waals surface area contributed by atoms with Gasteiger partial charge < -0.3 is 20.1 Å². The van der Waals surface area contributed by atoms with E-state index in [2.05, 4.69) is 15.3 Å². The molecule has 2 aromatic rings. The summed E-state index contributed by atoms with van der Waals surface area (Å²) in [6.07, 6.45) is 3.46. The van der Waals surface area contributed by atoms with Crippen molar-refractivity contribution in [2.75, 3.05) is 29.9 Å². The fraction of sp³-hybridized carbons (Fsp3) is 0.444. The van der Waals surface area contributed by atoms with Crippen LogP contribution in [0.25, 0.3) is 0 Å². The summed E-state index contributed by atoms with van der Waals surface area (Å²) in [5.74, 6) is -0.260. The van der Waals surface area contributed by atoms with E-state index >= 15 is 0 Å². The van der Waals surface area contributed by atoms with Gasteiger partial charge in [0.2, 0.25) is 16.0 Å². The van der Waals surface area contributed by atoms with Crippen molar-refractivity contribution in [1.29, 1.82) is 0 Å². The van der Waals surface area contributed by atoms with Crippen molar-refractivity contribution in [2.24, 2.45) is 5.14 Å². The average Bonchev–Trinajstić information content (AvgIpc) is 2.67. The Hall–Kier alpha value is -2.34. The molecule has 156 valence electrons. The van der Waals surface area contributed by atoms with E-state index in [0.717, 1.165) is 25.5 Å². The number of sulfonamides is 1. The highest BCUT2D eigenvalue weighted by atomic mass is 32.2. The Morgan fingerprint density at radius 2 is 2.07 bits per heavy atom. The van der Waals surface area contributed by atoms with Crippen LogP contribution in [0.4, 0.5) is 21.8 Å². The van der Waals surface area contributed by atoms with Crippen molar-refractivity contribution >= 4 is 27.5 Å². The molecular formula is C18H22FN5O4S. The maximum Gasteiger partial charge on any atom is 0.238 e. The van der Waals surface area contributed by atoms with Gasteiger partial charge in [-0.1, -0.05) is 0 Å². The first-order valence-electron chi connectivity index (χ1n) is 9.24. The van der Waals surface area contributed by atoms with E-state index in [1.807, 2.05) is 0 Å². The van der Waals surface area contributed by atoms with E-state index in [1.54, 1.807) is 4.90 Å². The topological polar surface area (TPSA) is 131 Å². The lowest BCUT2D eigenvalue weighted by Gasteiger charge is -2.51. The molecule has 0 unspecified atom stereocenters. The Kier molecular flexibility index (Phi) is 5.15. The molecule has 1 aromatic carbocycles. The van der Waals surface area contributed by atoms with Crippen molar-refractivity contribution in [2.45, 2.75) is 35.9 Å². The molecule has 1 aliphatic carbocycles. The minimum absolute atomic E-state index is 0.0158. The number of primary sulfonamides is 1. The van der Waals surface area contributed by atoms with E-state index in [-0.39, 0.29) is 28.9 Å². The molecule has 0 amide bonds. The lowest BCUT2D eigenvalue weighted by Crippen LogP contribution is -2.60. The zero-order valence-corrected chi connectivity index (χ0v) is 16.4. The first-order valence-corrected chi connectivity index (χ1v) is 10.8. The van der Waals surface area contributed by atoms with Crippen molar-refractivity contribution in [3.8, 4) is 0 Å². The third kappa shape index (κ3) is 4.17. The van der Waals surface area contributed by atoms with Crippen LogP contribution in [-0.2, 0) is 14.8 Å². The second-order valence-corrected chi connectivity index (χ2v) is 8.96. The predicted octanol–water partition coefficient (Wildman–Crippen LogP) is 1.13. The normalized spacial score (nSPS) is 21.1. The number of benzene rings is 1. The highest BCUT2D eigenvalue weighted by Crippen LogP contribution is 2.41. The van der Waals surface area contributed by atoms with Crippen LogP contribution in [0.3, 0.4) is 0 Å². The number of aliphatic hydroxyl groups is 1. The molecule has 4 N–H and O–H groups in total. The molecule has 11 heteroatoms. The number of nitrogens with one attached hydrogen (secondary N) is 1. The number of morpholine rings is 1. The number of anilines is 3. The second-order valence-electron chi connectivity index (χ2n) is 7.40. The molecule has 1 aliphatic heterocycles. The second kappa shape index (κ2) is 7.48. The molecule has 2 aliphatic rings. The zero-order valence-electron chi connectivity index (χ0n) is 15.6. The van der Waals surface area contributed by atoms with E-state index in [0.29, 0.717) is 18.8 Å². The average molecular weight is 423 g/mol. The molecule has 2 heterocycles. The smallest absolute Gasteiger partial charge is 0.238 e. The molecule has 1 spiro atoms. The molecule has 0 bridgehead atoms. The molecule has 1 saturated heterocycles. The quantitative estimate of drug-likeness (QED) is 0.652. The van der Waals surface area contributed by atoms with Crippen molar-refractivity contribution in [3.63, 3.8) is 0 Å². The number of hydrogen-bond donors (Lipinski definition) is 3. The number of nitrogens with zero attached hydrogens (tertiary/aromatic N) is 3. The first kappa shape index (κ1) is 20.0. The maximum absolute atomic E-state index is 14.5. The third-order valence-electron chi connectivity index (χ3n) is 5.25. The van der Waals surface area contributed by atoms with Gasteiger partial charge in [-0.25, -0.2) is 22.9 Å². The number of aromatic nitrogens is 2. The number of hydrogen-bond acceptors (Lipinski definition) is 8. The molecule has 29 heavy (non-hydrogen) atoms. The Morgan fingerprint density at radius 1 is 1.34 bits per heavy atom. The fourth-order valence-electron chi connectivity index (χ4n) is 3.69. The molecule has 9 nitrogen and oxygen atoms in total. The SMILES string of the molecule is NS(=O)(=O)c1ccc(Nc2ncc(F)c(N3C[C@H](CO)OC4(CCC4)C3)n2)cc1. The fourth-order valence-corrected chi connectivity index (χ4v) is 4.20. The summed E-state index contributed by atoms with van der Waals surface area (Å²) in [6, 6.07) is 5.75. The van der Waals surface area contributed by atoms with Crippen molar-refractivity contribution < 1.29 is 22.7 Å². The lowest BCUT2D eigenvalue weighted by molar-refractivity contribution is -0.159. The van der Waals surface area contributed by atoms with Crippen molar-refractivity contribution in [1.82, 2.24) is 9.97 Å². The standard InChI is InChI=1S/C18H22FN5O4S/c19-15-8-21-17(22-12-2-4-14(5-3-12)29(20,26)27)23-16(15)24-9-13(10-25)28-18(11-24)6-1-7-18/h2-5,8,13,25H,1,6-7,9-11H2,(H2,20,26,27)(H,21,22,23)/t13-/m1/s1. The molecule has 0 radical (unpaired) electrons. The number of ether oxygens (including phenoxy) is 1. The summed E-state index contributed by atoms with van der Waals surface area (Å²) in [7, 11) is -3.78. The predicted molar refractivity (Wildman–Crippen MR) is 104 cm³/mol. The van der Waals surface area contributed by atoms with E-state index in [1.165, 1.54) is 24.3 Å². The summed E-state index contributed by atoms with van der Waals surface area (Å²) < 4.78 is 43.2. The monoisotopic (exact) mass is 423 g/mol. The Labute approximate surface area is 167 Å². The van der Waals surface area contributed by atoms with Gasteiger partial charge in [0, 0.05) is 18.8 Å². The van der Waals surface area contributed by atoms with Crippen LogP contribution in [0.15, 0.2) is 35.4 Å². The van der Waals surface area contributed by atoms with Crippen LogP contribution in [0, 0.1) is 5.82 Å². The van der Waals surface area contributed by atoms with Crippen LogP contribution < -0.4 is 15.4 Å². The van der Waals surface area contributed by atoms with Gasteiger partial charge >= 0.3 is 0 Å². The van der Waals surface area contributed by atoms with Gasteiger partial charge in [0.15, 0.2) is 11.6 Å².